The summed E-state index contributed by atoms with van der Waals surface area (Å²) in [4.78, 5) is 0. The van der Waals surface area contributed by atoms with Crippen LogP contribution in [-0.4, -0.2) is 0 Å². The largest absolute Gasteiger partial charge is 0.381 e. The van der Waals surface area contributed by atoms with Crippen molar-refractivity contribution in [2.45, 2.75) is 13.5 Å². The zero-order valence-electron chi connectivity index (χ0n) is 9.81. The summed E-state index contributed by atoms with van der Waals surface area (Å²) in [6.45, 7) is 2.42. The molecule has 0 saturated heterocycles. The third kappa shape index (κ3) is 3.03. The molecule has 2 aromatic carbocycles. The lowest BCUT2D eigenvalue weighted by Gasteiger charge is -2.09. The van der Waals surface area contributed by atoms with Crippen molar-refractivity contribution in [2.24, 2.45) is 0 Å². The van der Waals surface area contributed by atoms with Gasteiger partial charge in [0, 0.05) is 22.3 Å². The lowest BCUT2D eigenvalue weighted by atomic mass is 10.2. The first-order valence-corrected chi connectivity index (χ1v) is 6.68. The Hall–Kier alpha value is -1.06. The first kappa shape index (κ1) is 13.4. The van der Waals surface area contributed by atoms with Crippen molar-refractivity contribution in [1.29, 1.82) is 0 Å². The monoisotopic (exact) mass is 327 g/mol. The van der Waals surface area contributed by atoms with Crippen molar-refractivity contribution < 1.29 is 4.39 Å². The molecule has 0 heterocycles. The summed E-state index contributed by atoms with van der Waals surface area (Å²) < 4.78 is 14.7. The van der Waals surface area contributed by atoms with Crippen LogP contribution in [0.3, 0.4) is 0 Å². The molecule has 0 spiro atoms. The highest BCUT2D eigenvalue weighted by Crippen LogP contribution is 2.22. The summed E-state index contributed by atoms with van der Waals surface area (Å²) in [6.07, 6.45) is 0. The summed E-state index contributed by atoms with van der Waals surface area (Å²) in [6, 6.07) is 10.9. The second-order valence-corrected chi connectivity index (χ2v) is 5.29. The fourth-order valence-corrected chi connectivity index (χ4v) is 2.08. The predicted octanol–water partition coefficient (Wildman–Crippen LogP) is 5.16. The topological polar surface area (TPSA) is 12.0 Å². The highest BCUT2D eigenvalue weighted by atomic mass is 79.9. The van der Waals surface area contributed by atoms with Gasteiger partial charge in [0.05, 0.1) is 5.02 Å². The van der Waals surface area contributed by atoms with Gasteiger partial charge in [0.15, 0.2) is 0 Å². The summed E-state index contributed by atoms with van der Waals surface area (Å²) in [7, 11) is 0. The van der Waals surface area contributed by atoms with Crippen molar-refractivity contribution in [3.8, 4) is 0 Å². The Morgan fingerprint density at radius 1 is 1.28 bits per heavy atom. The van der Waals surface area contributed by atoms with Crippen LogP contribution in [0.1, 0.15) is 11.1 Å². The number of hydrogen-bond acceptors (Lipinski definition) is 1. The van der Waals surface area contributed by atoms with Gasteiger partial charge in [-0.25, -0.2) is 4.39 Å². The molecule has 0 radical (unpaired) electrons. The minimum atomic E-state index is -0.361. The summed E-state index contributed by atoms with van der Waals surface area (Å²) >= 11 is 9.17. The molecule has 0 unspecified atom stereocenters. The lowest BCUT2D eigenvalue weighted by Crippen LogP contribution is -2.02. The number of aryl methyl sites for hydroxylation is 1. The van der Waals surface area contributed by atoms with E-state index in [1.165, 1.54) is 0 Å². The number of nitrogens with one attached hydrogen (secondary N) is 1. The van der Waals surface area contributed by atoms with Crippen LogP contribution < -0.4 is 5.32 Å². The molecule has 1 N–H and O–H groups in total. The van der Waals surface area contributed by atoms with Crippen molar-refractivity contribution in [3.63, 3.8) is 0 Å². The van der Waals surface area contributed by atoms with E-state index in [1.807, 2.05) is 25.1 Å². The minimum absolute atomic E-state index is 0.154. The average molecular weight is 329 g/mol. The highest BCUT2D eigenvalue weighted by molar-refractivity contribution is 9.10. The number of hydrogen-bond donors (Lipinski definition) is 1. The van der Waals surface area contributed by atoms with Gasteiger partial charge in [0.1, 0.15) is 5.82 Å². The fourth-order valence-electron chi connectivity index (χ4n) is 1.64. The molecule has 0 fully saturated rings. The van der Waals surface area contributed by atoms with Gasteiger partial charge in [-0.15, -0.1) is 0 Å². The van der Waals surface area contributed by atoms with Gasteiger partial charge < -0.3 is 5.32 Å². The first-order chi connectivity index (χ1) is 8.58. The summed E-state index contributed by atoms with van der Waals surface area (Å²) in [5.74, 6) is -0.361. The van der Waals surface area contributed by atoms with Gasteiger partial charge in [-0.2, -0.15) is 0 Å². The molecule has 0 bridgehead atoms. The Balaban J connectivity index is 2.11. The number of benzene rings is 2. The quantitative estimate of drug-likeness (QED) is 0.820. The summed E-state index contributed by atoms with van der Waals surface area (Å²) in [5.41, 5.74) is 2.64. The molecule has 0 aliphatic rings. The van der Waals surface area contributed by atoms with Crippen LogP contribution in [0.15, 0.2) is 40.9 Å². The molecule has 0 aliphatic carbocycles. The van der Waals surface area contributed by atoms with Gasteiger partial charge >= 0.3 is 0 Å². The standard InChI is InChI=1S/C14H12BrClFN/c1-9-7-11(5-6-12(9)15)18-8-10-3-2-4-13(16)14(10)17/h2-7,18H,8H2,1H3. The zero-order chi connectivity index (χ0) is 13.1. The second kappa shape index (κ2) is 5.72. The van der Waals surface area contributed by atoms with Gasteiger partial charge in [-0.05, 0) is 36.8 Å². The van der Waals surface area contributed by atoms with Crippen LogP contribution in [-0.2, 0) is 6.54 Å². The average Bonchev–Trinajstić information content (AvgIpc) is 2.35. The van der Waals surface area contributed by atoms with E-state index < -0.39 is 0 Å². The lowest BCUT2D eigenvalue weighted by molar-refractivity contribution is 0.613. The van der Waals surface area contributed by atoms with Gasteiger partial charge in [-0.1, -0.05) is 39.7 Å². The van der Waals surface area contributed by atoms with Gasteiger partial charge in [-0.3, -0.25) is 0 Å². The molecule has 0 atom stereocenters. The van der Waals surface area contributed by atoms with Gasteiger partial charge in [0.2, 0.25) is 0 Å². The van der Waals surface area contributed by atoms with E-state index in [1.54, 1.807) is 18.2 Å². The predicted molar refractivity (Wildman–Crippen MR) is 77.6 cm³/mol. The maximum Gasteiger partial charge on any atom is 0.146 e. The van der Waals surface area contributed by atoms with Crippen LogP contribution in [0.2, 0.25) is 5.02 Å². The van der Waals surface area contributed by atoms with Crippen LogP contribution in [0, 0.1) is 12.7 Å². The maximum absolute atomic E-state index is 13.7. The number of rotatable bonds is 3. The highest BCUT2D eigenvalue weighted by Gasteiger charge is 2.05. The van der Waals surface area contributed by atoms with E-state index in [-0.39, 0.29) is 10.8 Å². The minimum Gasteiger partial charge on any atom is -0.381 e. The van der Waals surface area contributed by atoms with E-state index in [4.69, 9.17) is 11.6 Å². The normalized spacial score (nSPS) is 10.4. The molecule has 0 saturated carbocycles. The second-order valence-electron chi connectivity index (χ2n) is 4.03. The van der Waals surface area contributed by atoms with Crippen molar-refractivity contribution in [2.75, 3.05) is 5.32 Å². The maximum atomic E-state index is 13.7. The zero-order valence-corrected chi connectivity index (χ0v) is 12.1. The van der Waals surface area contributed by atoms with Crippen LogP contribution in [0.5, 0.6) is 0 Å². The molecule has 18 heavy (non-hydrogen) atoms. The van der Waals surface area contributed by atoms with Gasteiger partial charge in [0.25, 0.3) is 0 Å². The molecule has 2 aromatic rings. The molecule has 1 nitrogen and oxygen atoms in total. The number of halogens is 3. The SMILES string of the molecule is Cc1cc(NCc2cccc(Cl)c2F)ccc1Br. The fraction of sp³-hybridized carbons (Fsp3) is 0.143. The van der Waals surface area contributed by atoms with Crippen LogP contribution in [0.4, 0.5) is 10.1 Å². The Bertz CT molecular complexity index is 572. The molecular weight excluding hydrogens is 317 g/mol. The Morgan fingerprint density at radius 2 is 2.06 bits per heavy atom. The smallest absolute Gasteiger partial charge is 0.146 e. The van der Waals surface area contributed by atoms with E-state index in [0.717, 1.165) is 15.7 Å². The van der Waals surface area contributed by atoms with E-state index in [2.05, 4.69) is 21.2 Å². The van der Waals surface area contributed by atoms with Crippen LogP contribution >= 0.6 is 27.5 Å². The van der Waals surface area contributed by atoms with Crippen molar-refractivity contribution in [1.82, 2.24) is 0 Å². The van der Waals surface area contributed by atoms with Crippen LogP contribution in [0.25, 0.3) is 0 Å². The molecule has 94 valence electrons. The molecule has 0 aliphatic heterocycles. The van der Waals surface area contributed by atoms with Crippen molar-refractivity contribution in [3.05, 3.63) is 62.8 Å². The molecule has 4 heteroatoms. The van der Waals surface area contributed by atoms with E-state index in [0.29, 0.717) is 12.1 Å². The Morgan fingerprint density at radius 3 is 2.78 bits per heavy atom. The molecule has 0 aromatic heterocycles. The Labute approximate surface area is 119 Å². The molecule has 2 rings (SSSR count). The number of anilines is 1. The third-order valence-electron chi connectivity index (χ3n) is 2.67. The molecule has 0 amide bonds. The van der Waals surface area contributed by atoms with E-state index in [9.17, 15) is 4.39 Å². The van der Waals surface area contributed by atoms with Crippen molar-refractivity contribution >= 4 is 33.2 Å². The Kier molecular flexibility index (Phi) is 4.25. The van der Waals surface area contributed by atoms with E-state index >= 15 is 0 Å². The molecular formula is C14H12BrClFN. The summed E-state index contributed by atoms with van der Waals surface area (Å²) in [5, 5.41) is 3.33. The first-order valence-electron chi connectivity index (χ1n) is 5.51. The third-order valence-corrected chi connectivity index (χ3v) is 3.85.